The van der Waals surface area contributed by atoms with Crippen LogP contribution in [0, 0.1) is 5.41 Å². The summed E-state index contributed by atoms with van der Waals surface area (Å²) in [5.41, 5.74) is 1.42. The van der Waals surface area contributed by atoms with Gasteiger partial charge in [0.05, 0.1) is 0 Å². The highest BCUT2D eigenvalue weighted by molar-refractivity contribution is 5.97. The van der Waals surface area contributed by atoms with Crippen molar-refractivity contribution < 1.29 is 9.59 Å². The monoisotopic (exact) mass is 310 g/mol. The molecule has 4 nitrogen and oxygen atoms in total. The Morgan fingerprint density at radius 3 is 2.19 bits per heavy atom. The molecule has 0 aromatic heterocycles. The number of benzene rings is 1. The second-order valence-corrected chi connectivity index (χ2v) is 5.88. The minimum atomic E-state index is -0.0696. The van der Waals surface area contributed by atoms with Crippen molar-refractivity contribution in [2.24, 2.45) is 5.41 Å². The van der Waals surface area contributed by atoms with E-state index in [1.807, 2.05) is 0 Å². The third-order valence-electron chi connectivity index (χ3n) is 4.04. The number of Topliss-reactive ketones (excluding diaryl/α,β-unsaturated/α-hetero) is 1. The normalized spacial score (nSPS) is 16.7. The Labute approximate surface area is 132 Å². The average Bonchev–Trinajstić information content (AvgIpc) is 2.46. The highest BCUT2D eigenvalue weighted by atomic mass is 35.5. The van der Waals surface area contributed by atoms with Crippen molar-refractivity contribution in [1.29, 1.82) is 0 Å². The summed E-state index contributed by atoms with van der Waals surface area (Å²) in [5, 5.41) is 6.34. The Balaban J connectivity index is 0.00000220. The van der Waals surface area contributed by atoms with Crippen molar-refractivity contribution in [3.05, 3.63) is 35.4 Å². The summed E-state index contributed by atoms with van der Waals surface area (Å²) in [6, 6.07) is 6.81. The number of piperidine rings is 1. The standard InChI is InChI=1S/C16H22N2O2.ClH/c1-12(19)13-3-5-14(6-4-13)15(20)18-11-16(2)7-9-17-10-8-16;/h3-6,17H,7-11H2,1-2H3,(H,18,20);1H. The topological polar surface area (TPSA) is 58.2 Å². The quantitative estimate of drug-likeness (QED) is 0.840. The van der Waals surface area contributed by atoms with Gasteiger partial charge in [-0.1, -0.05) is 19.1 Å². The smallest absolute Gasteiger partial charge is 0.251 e. The molecule has 116 valence electrons. The summed E-state index contributed by atoms with van der Waals surface area (Å²) in [4.78, 5) is 23.3. The number of rotatable bonds is 4. The fourth-order valence-electron chi connectivity index (χ4n) is 2.46. The molecule has 0 unspecified atom stereocenters. The molecule has 2 rings (SSSR count). The van der Waals surface area contributed by atoms with E-state index in [1.54, 1.807) is 24.3 Å². The molecule has 21 heavy (non-hydrogen) atoms. The first-order valence-electron chi connectivity index (χ1n) is 7.10. The molecule has 0 aliphatic carbocycles. The van der Waals surface area contributed by atoms with Crippen LogP contribution in [0.2, 0.25) is 0 Å². The highest BCUT2D eigenvalue weighted by Gasteiger charge is 2.27. The van der Waals surface area contributed by atoms with Crippen LogP contribution in [0.1, 0.15) is 47.4 Å². The molecule has 1 aliphatic rings. The number of hydrogen-bond donors (Lipinski definition) is 2. The van der Waals surface area contributed by atoms with E-state index in [0.717, 1.165) is 25.9 Å². The largest absolute Gasteiger partial charge is 0.351 e. The van der Waals surface area contributed by atoms with Crippen LogP contribution < -0.4 is 10.6 Å². The van der Waals surface area contributed by atoms with Crippen molar-refractivity contribution >= 4 is 24.1 Å². The molecule has 1 aromatic carbocycles. The Bertz CT molecular complexity index is 494. The zero-order chi connectivity index (χ0) is 14.6. The Morgan fingerprint density at radius 2 is 1.67 bits per heavy atom. The molecule has 1 aliphatic heterocycles. The van der Waals surface area contributed by atoms with Crippen molar-refractivity contribution in [1.82, 2.24) is 10.6 Å². The lowest BCUT2D eigenvalue weighted by molar-refractivity contribution is 0.0921. The van der Waals surface area contributed by atoms with Crippen LogP contribution in [0.5, 0.6) is 0 Å². The van der Waals surface area contributed by atoms with E-state index in [1.165, 1.54) is 6.92 Å². The fraction of sp³-hybridized carbons (Fsp3) is 0.500. The van der Waals surface area contributed by atoms with Crippen LogP contribution >= 0.6 is 12.4 Å². The van der Waals surface area contributed by atoms with Gasteiger partial charge < -0.3 is 10.6 Å². The lowest BCUT2D eigenvalue weighted by atomic mass is 9.81. The maximum atomic E-state index is 12.1. The Kier molecular flexibility index (Phi) is 6.37. The first-order chi connectivity index (χ1) is 9.50. The van der Waals surface area contributed by atoms with Gasteiger partial charge in [-0.3, -0.25) is 9.59 Å². The summed E-state index contributed by atoms with van der Waals surface area (Å²) >= 11 is 0. The van der Waals surface area contributed by atoms with E-state index < -0.39 is 0 Å². The second kappa shape index (κ2) is 7.57. The lowest BCUT2D eigenvalue weighted by Crippen LogP contribution is -2.42. The van der Waals surface area contributed by atoms with Gasteiger partial charge in [-0.25, -0.2) is 0 Å². The molecule has 1 amide bonds. The number of nitrogens with one attached hydrogen (secondary N) is 2. The fourth-order valence-corrected chi connectivity index (χ4v) is 2.46. The Hall–Kier alpha value is -1.39. The zero-order valence-electron chi connectivity index (χ0n) is 12.6. The number of ketones is 1. The number of halogens is 1. The molecule has 1 saturated heterocycles. The Morgan fingerprint density at radius 1 is 1.14 bits per heavy atom. The van der Waals surface area contributed by atoms with Gasteiger partial charge in [0.25, 0.3) is 5.91 Å². The van der Waals surface area contributed by atoms with E-state index in [-0.39, 0.29) is 29.5 Å². The van der Waals surface area contributed by atoms with Crippen LogP contribution in [-0.2, 0) is 0 Å². The molecular formula is C16H23ClN2O2. The molecule has 1 aromatic rings. The number of carbonyl (C=O) groups is 2. The van der Waals surface area contributed by atoms with E-state index in [2.05, 4.69) is 17.6 Å². The maximum Gasteiger partial charge on any atom is 0.251 e. The summed E-state index contributed by atoms with van der Waals surface area (Å²) in [5.74, 6) is -0.0564. The van der Waals surface area contributed by atoms with Gasteiger partial charge in [-0.15, -0.1) is 12.4 Å². The van der Waals surface area contributed by atoms with E-state index in [4.69, 9.17) is 0 Å². The van der Waals surface area contributed by atoms with Crippen LogP contribution in [0.25, 0.3) is 0 Å². The molecule has 5 heteroatoms. The van der Waals surface area contributed by atoms with Crippen LogP contribution in [0.3, 0.4) is 0 Å². The zero-order valence-corrected chi connectivity index (χ0v) is 13.4. The van der Waals surface area contributed by atoms with Crippen molar-refractivity contribution in [3.8, 4) is 0 Å². The van der Waals surface area contributed by atoms with Crippen molar-refractivity contribution in [2.75, 3.05) is 19.6 Å². The van der Waals surface area contributed by atoms with Crippen molar-refractivity contribution in [2.45, 2.75) is 26.7 Å². The second-order valence-electron chi connectivity index (χ2n) is 5.88. The van der Waals surface area contributed by atoms with Crippen LogP contribution in [0.15, 0.2) is 24.3 Å². The maximum absolute atomic E-state index is 12.1. The molecule has 1 heterocycles. The van der Waals surface area contributed by atoms with Crippen LogP contribution in [0.4, 0.5) is 0 Å². The third kappa shape index (κ3) is 4.83. The minimum absolute atomic E-state index is 0. The van der Waals surface area contributed by atoms with E-state index >= 15 is 0 Å². The molecule has 0 bridgehead atoms. The SMILES string of the molecule is CC(=O)c1ccc(C(=O)NCC2(C)CCNCC2)cc1.Cl. The van der Waals surface area contributed by atoms with Crippen molar-refractivity contribution in [3.63, 3.8) is 0 Å². The number of carbonyl (C=O) groups excluding carboxylic acids is 2. The molecule has 0 radical (unpaired) electrons. The van der Waals surface area contributed by atoms with Gasteiger partial charge in [0.2, 0.25) is 0 Å². The summed E-state index contributed by atoms with van der Waals surface area (Å²) in [7, 11) is 0. The van der Waals surface area contributed by atoms with Gasteiger partial charge in [-0.05, 0) is 50.4 Å². The molecule has 1 fully saturated rings. The predicted molar refractivity (Wildman–Crippen MR) is 86.2 cm³/mol. The molecule has 2 N–H and O–H groups in total. The van der Waals surface area contributed by atoms with Gasteiger partial charge >= 0.3 is 0 Å². The average molecular weight is 311 g/mol. The van der Waals surface area contributed by atoms with E-state index in [0.29, 0.717) is 17.7 Å². The van der Waals surface area contributed by atoms with Gasteiger partial charge in [0.15, 0.2) is 5.78 Å². The van der Waals surface area contributed by atoms with Crippen LogP contribution in [-0.4, -0.2) is 31.3 Å². The number of hydrogen-bond acceptors (Lipinski definition) is 3. The van der Waals surface area contributed by atoms with Gasteiger partial charge in [0, 0.05) is 17.7 Å². The third-order valence-corrected chi connectivity index (χ3v) is 4.04. The number of amides is 1. The molecular weight excluding hydrogens is 288 g/mol. The first-order valence-corrected chi connectivity index (χ1v) is 7.10. The summed E-state index contributed by atoms with van der Waals surface area (Å²) < 4.78 is 0. The molecule has 0 atom stereocenters. The first kappa shape index (κ1) is 17.7. The predicted octanol–water partition coefficient (Wildman–Crippen LogP) is 2.43. The lowest BCUT2D eigenvalue weighted by Gasteiger charge is -2.34. The molecule has 0 spiro atoms. The minimum Gasteiger partial charge on any atom is -0.351 e. The summed E-state index contributed by atoms with van der Waals surface area (Å²) in [6.45, 7) is 6.46. The van der Waals surface area contributed by atoms with Gasteiger partial charge in [-0.2, -0.15) is 0 Å². The van der Waals surface area contributed by atoms with Gasteiger partial charge in [0.1, 0.15) is 0 Å². The molecule has 0 saturated carbocycles. The summed E-state index contributed by atoms with van der Waals surface area (Å²) in [6.07, 6.45) is 2.16. The highest BCUT2D eigenvalue weighted by Crippen LogP contribution is 2.26. The van der Waals surface area contributed by atoms with E-state index in [9.17, 15) is 9.59 Å².